The molecule has 1 fully saturated rings. The van der Waals surface area contributed by atoms with Crippen molar-refractivity contribution in [1.82, 2.24) is 9.55 Å². The molecule has 2 atom stereocenters. The number of aromatic amines is 1. The summed E-state index contributed by atoms with van der Waals surface area (Å²) >= 11 is 0. The zero-order valence-corrected chi connectivity index (χ0v) is 9.27. The van der Waals surface area contributed by atoms with Gasteiger partial charge in [0, 0.05) is 12.5 Å². The predicted octanol–water partition coefficient (Wildman–Crippen LogP) is -1.39. The van der Waals surface area contributed by atoms with Crippen LogP contribution in [-0.2, 0) is 6.54 Å². The van der Waals surface area contributed by atoms with Crippen LogP contribution in [-0.4, -0.2) is 39.1 Å². The molecular formula is C10H12F2N2O4. The van der Waals surface area contributed by atoms with Crippen molar-refractivity contribution < 1.29 is 19.0 Å². The second-order valence-corrected chi connectivity index (χ2v) is 4.45. The first kappa shape index (κ1) is 12.9. The number of aliphatic hydroxyl groups is 2. The summed E-state index contributed by atoms with van der Waals surface area (Å²) in [5.41, 5.74) is -3.28. The van der Waals surface area contributed by atoms with Gasteiger partial charge in [0.05, 0.1) is 24.8 Å². The van der Waals surface area contributed by atoms with Gasteiger partial charge >= 0.3 is 5.69 Å². The highest BCUT2D eigenvalue weighted by atomic mass is 19.1. The van der Waals surface area contributed by atoms with Crippen LogP contribution in [0.25, 0.3) is 0 Å². The van der Waals surface area contributed by atoms with Gasteiger partial charge in [0.1, 0.15) is 6.17 Å². The average Bonchev–Trinajstić information content (AvgIpc) is 2.91. The summed E-state index contributed by atoms with van der Waals surface area (Å²) in [6.07, 6.45) is -0.777. The van der Waals surface area contributed by atoms with Gasteiger partial charge in [0.15, 0.2) is 0 Å². The molecule has 8 heteroatoms. The lowest BCUT2D eigenvalue weighted by molar-refractivity contribution is 0.105. The first-order chi connectivity index (χ1) is 8.46. The maximum absolute atomic E-state index is 13.5. The molecule has 0 aromatic carbocycles. The minimum Gasteiger partial charge on any atom is -0.396 e. The second-order valence-electron chi connectivity index (χ2n) is 4.45. The van der Waals surface area contributed by atoms with Crippen molar-refractivity contribution in [2.24, 2.45) is 11.3 Å². The lowest BCUT2D eigenvalue weighted by atomic mass is 10.1. The lowest BCUT2D eigenvalue weighted by Gasteiger charge is -2.09. The number of nitrogens with one attached hydrogen (secondary N) is 1. The monoisotopic (exact) mass is 262 g/mol. The summed E-state index contributed by atoms with van der Waals surface area (Å²) in [5.74, 6) is -1.93. The van der Waals surface area contributed by atoms with Crippen LogP contribution in [0.3, 0.4) is 0 Å². The van der Waals surface area contributed by atoms with Crippen molar-refractivity contribution >= 4 is 0 Å². The van der Waals surface area contributed by atoms with E-state index in [0.29, 0.717) is 6.20 Å². The van der Waals surface area contributed by atoms with E-state index in [4.69, 9.17) is 10.2 Å². The second kappa shape index (κ2) is 4.29. The number of alkyl halides is 1. The van der Waals surface area contributed by atoms with Crippen molar-refractivity contribution in [2.75, 3.05) is 13.2 Å². The third-order valence-electron chi connectivity index (χ3n) is 3.48. The SMILES string of the molecule is O=c1[nH]c(=O)n(C[C@H]2[C@H](F)C2(CO)CO)cc1F. The Kier molecular flexibility index (Phi) is 3.07. The van der Waals surface area contributed by atoms with Crippen LogP contribution in [0.5, 0.6) is 0 Å². The molecule has 6 nitrogen and oxygen atoms in total. The number of halogens is 2. The van der Waals surface area contributed by atoms with E-state index in [1.54, 1.807) is 4.98 Å². The molecule has 18 heavy (non-hydrogen) atoms. The van der Waals surface area contributed by atoms with E-state index >= 15 is 0 Å². The van der Waals surface area contributed by atoms with Gasteiger partial charge in [0.25, 0.3) is 5.56 Å². The van der Waals surface area contributed by atoms with Crippen molar-refractivity contribution in [3.8, 4) is 0 Å². The number of hydrogen-bond acceptors (Lipinski definition) is 4. The van der Waals surface area contributed by atoms with Gasteiger partial charge in [-0.3, -0.25) is 14.3 Å². The molecule has 3 N–H and O–H groups in total. The summed E-state index contributed by atoms with van der Waals surface area (Å²) in [7, 11) is 0. The van der Waals surface area contributed by atoms with Crippen molar-refractivity contribution in [3.63, 3.8) is 0 Å². The van der Waals surface area contributed by atoms with Crippen molar-refractivity contribution in [3.05, 3.63) is 32.9 Å². The van der Waals surface area contributed by atoms with Crippen LogP contribution in [0.1, 0.15) is 0 Å². The Labute approximate surface area is 99.5 Å². The standard InChI is InChI=1S/C10H12F2N2O4/c11-6-2-14(9(18)13-8(6)17)1-5-7(12)10(5,3-15)4-16/h2,5,7,15-16H,1,3-4H2,(H,13,17,18)/t5-,7-/m0/s1. The number of nitrogens with zero attached hydrogens (tertiary/aromatic N) is 1. The largest absolute Gasteiger partial charge is 0.396 e. The van der Waals surface area contributed by atoms with E-state index in [1.165, 1.54) is 0 Å². The van der Waals surface area contributed by atoms with E-state index in [2.05, 4.69) is 0 Å². The van der Waals surface area contributed by atoms with Crippen molar-refractivity contribution in [1.29, 1.82) is 0 Å². The highest BCUT2D eigenvalue weighted by Gasteiger charge is 2.65. The number of aromatic nitrogens is 2. The highest BCUT2D eigenvalue weighted by molar-refractivity contribution is 5.11. The molecule has 1 saturated carbocycles. The van der Waals surface area contributed by atoms with Gasteiger partial charge in [-0.2, -0.15) is 4.39 Å². The molecule has 1 aliphatic rings. The van der Waals surface area contributed by atoms with Gasteiger partial charge in [-0.15, -0.1) is 0 Å². The number of hydrogen-bond donors (Lipinski definition) is 3. The van der Waals surface area contributed by atoms with E-state index in [9.17, 15) is 18.4 Å². The first-order valence-electron chi connectivity index (χ1n) is 5.31. The predicted molar refractivity (Wildman–Crippen MR) is 56.3 cm³/mol. The maximum atomic E-state index is 13.5. The van der Waals surface area contributed by atoms with Crippen LogP contribution < -0.4 is 11.2 Å². The number of rotatable bonds is 4. The summed E-state index contributed by atoms with van der Waals surface area (Å²) < 4.78 is 27.3. The summed E-state index contributed by atoms with van der Waals surface area (Å²) in [6.45, 7) is -1.33. The molecule has 1 aromatic rings. The highest BCUT2D eigenvalue weighted by Crippen LogP contribution is 2.55. The Morgan fingerprint density at radius 1 is 1.39 bits per heavy atom. The van der Waals surface area contributed by atoms with Gasteiger partial charge in [-0.05, 0) is 0 Å². The zero-order valence-electron chi connectivity index (χ0n) is 9.27. The van der Waals surface area contributed by atoms with Crippen LogP contribution in [0.2, 0.25) is 0 Å². The Balaban J connectivity index is 2.25. The molecule has 0 unspecified atom stereocenters. The zero-order chi connectivity index (χ0) is 13.5. The molecular weight excluding hydrogens is 250 g/mol. The molecule has 100 valence electrons. The van der Waals surface area contributed by atoms with E-state index in [-0.39, 0.29) is 6.54 Å². The summed E-state index contributed by atoms with van der Waals surface area (Å²) in [6, 6.07) is 0. The molecule has 2 rings (SSSR count). The summed E-state index contributed by atoms with van der Waals surface area (Å²) in [5, 5.41) is 18.0. The van der Waals surface area contributed by atoms with Crippen LogP contribution in [0.15, 0.2) is 15.8 Å². The molecule has 1 aliphatic carbocycles. The van der Waals surface area contributed by atoms with Gasteiger partial charge in [-0.1, -0.05) is 0 Å². The Morgan fingerprint density at radius 3 is 2.50 bits per heavy atom. The topological polar surface area (TPSA) is 95.3 Å². The number of aliphatic hydroxyl groups excluding tert-OH is 2. The molecule has 1 heterocycles. The minimum atomic E-state index is -1.46. The third-order valence-corrected chi connectivity index (χ3v) is 3.48. The Bertz CT molecular complexity index is 564. The fourth-order valence-corrected chi connectivity index (χ4v) is 2.09. The van der Waals surface area contributed by atoms with E-state index in [0.717, 1.165) is 4.57 Å². The normalized spacial score (nSPS) is 25.1. The van der Waals surface area contributed by atoms with Crippen molar-refractivity contribution in [2.45, 2.75) is 12.7 Å². The Morgan fingerprint density at radius 2 is 2.00 bits per heavy atom. The molecule has 1 aromatic heterocycles. The average molecular weight is 262 g/mol. The van der Waals surface area contributed by atoms with Crippen LogP contribution in [0.4, 0.5) is 8.78 Å². The van der Waals surface area contributed by atoms with Gasteiger partial charge in [-0.25, -0.2) is 9.18 Å². The maximum Gasteiger partial charge on any atom is 0.328 e. The first-order valence-corrected chi connectivity index (χ1v) is 5.31. The van der Waals surface area contributed by atoms with E-state index in [1.807, 2.05) is 0 Å². The van der Waals surface area contributed by atoms with E-state index < -0.39 is 47.8 Å². The van der Waals surface area contributed by atoms with Gasteiger partial charge < -0.3 is 10.2 Å². The Hall–Kier alpha value is -1.54. The fourth-order valence-electron chi connectivity index (χ4n) is 2.09. The molecule has 0 radical (unpaired) electrons. The smallest absolute Gasteiger partial charge is 0.328 e. The third kappa shape index (κ3) is 1.77. The minimum absolute atomic E-state index is 0.213. The quantitative estimate of drug-likeness (QED) is 0.623. The molecule has 0 bridgehead atoms. The van der Waals surface area contributed by atoms with Crippen LogP contribution >= 0.6 is 0 Å². The van der Waals surface area contributed by atoms with Crippen LogP contribution in [0, 0.1) is 17.2 Å². The summed E-state index contributed by atoms with van der Waals surface area (Å²) in [4.78, 5) is 23.9. The number of H-pyrrole nitrogens is 1. The molecule has 0 saturated heterocycles. The lowest BCUT2D eigenvalue weighted by Crippen LogP contribution is -2.32. The van der Waals surface area contributed by atoms with Gasteiger partial charge in [0.2, 0.25) is 5.82 Å². The molecule has 0 amide bonds. The molecule has 0 spiro atoms. The fraction of sp³-hybridized carbons (Fsp3) is 0.600. The molecule has 0 aliphatic heterocycles.